The maximum absolute atomic E-state index is 9.13. The highest BCUT2D eigenvalue weighted by molar-refractivity contribution is 5.13. The molecule has 0 aromatic heterocycles. The first-order valence-electron chi connectivity index (χ1n) is 6.09. The number of nitriles is 1. The third-order valence-corrected chi connectivity index (χ3v) is 4.51. The summed E-state index contributed by atoms with van der Waals surface area (Å²) in [6, 6.07) is 2.57. The van der Waals surface area contributed by atoms with Crippen molar-refractivity contribution >= 4 is 0 Å². The molecule has 0 unspecified atom stereocenters. The van der Waals surface area contributed by atoms with Gasteiger partial charge in [0, 0.05) is 0 Å². The molecule has 0 N–H and O–H groups in total. The van der Waals surface area contributed by atoms with Crippen LogP contribution in [0.25, 0.3) is 0 Å². The van der Waals surface area contributed by atoms with Crippen LogP contribution in [-0.4, -0.2) is 0 Å². The zero-order chi connectivity index (χ0) is 10.2. The summed E-state index contributed by atoms with van der Waals surface area (Å²) in [5.41, 5.74) is 0.141. The predicted octanol–water partition coefficient (Wildman–Crippen LogP) is 3.75. The van der Waals surface area contributed by atoms with E-state index in [4.69, 9.17) is 5.26 Å². The van der Waals surface area contributed by atoms with Gasteiger partial charge in [-0.2, -0.15) is 5.26 Å². The first-order chi connectivity index (χ1) is 6.68. The predicted molar refractivity (Wildman–Crippen MR) is 57.6 cm³/mol. The summed E-state index contributed by atoms with van der Waals surface area (Å²) >= 11 is 0. The molecule has 2 aliphatic rings. The van der Waals surface area contributed by atoms with Gasteiger partial charge in [-0.1, -0.05) is 13.8 Å². The lowest BCUT2D eigenvalue weighted by Crippen LogP contribution is -2.24. The number of hydrogen-bond acceptors (Lipinski definition) is 1. The molecule has 0 aromatic rings. The van der Waals surface area contributed by atoms with Crippen LogP contribution < -0.4 is 0 Å². The van der Waals surface area contributed by atoms with E-state index in [1.165, 1.54) is 38.5 Å². The second kappa shape index (κ2) is 3.57. The Morgan fingerprint density at radius 2 is 1.71 bits per heavy atom. The van der Waals surface area contributed by atoms with Crippen LogP contribution in [0.4, 0.5) is 0 Å². The lowest BCUT2D eigenvalue weighted by Gasteiger charge is -2.33. The Bertz CT molecular complexity index is 236. The van der Waals surface area contributed by atoms with E-state index in [9.17, 15) is 0 Å². The van der Waals surface area contributed by atoms with Crippen LogP contribution >= 0.6 is 0 Å². The van der Waals surface area contributed by atoms with Crippen LogP contribution in [0.2, 0.25) is 0 Å². The van der Waals surface area contributed by atoms with E-state index in [0.29, 0.717) is 0 Å². The summed E-state index contributed by atoms with van der Waals surface area (Å²) in [6.45, 7) is 4.67. The number of rotatable bonds is 2. The first-order valence-corrected chi connectivity index (χ1v) is 6.09. The van der Waals surface area contributed by atoms with Gasteiger partial charge in [0.1, 0.15) is 0 Å². The molecule has 0 bridgehead atoms. The van der Waals surface area contributed by atoms with E-state index in [1.807, 2.05) is 0 Å². The zero-order valence-corrected chi connectivity index (χ0v) is 9.42. The van der Waals surface area contributed by atoms with Gasteiger partial charge in [-0.05, 0) is 56.3 Å². The molecule has 2 fully saturated rings. The Morgan fingerprint density at radius 1 is 1.14 bits per heavy atom. The van der Waals surface area contributed by atoms with Crippen LogP contribution in [0.15, 0.2) is 0 Å². The smallest absolute Gasteiger partial charge is 0.0692 e. The quantitative estimate of drug-likeness (QED) is 0.652. The molecular formula is C13H21N. The molecule has 0 radical (unpaired) electrons. The standard InChI is InChI=1S/C13H21N/c1-10(2)11-3-5-12(6-4-11)13(9-14)7-8-13/h10-12H,3-8H2,1-2H3. The SMILES string of the molecule is CC(C)C1CCC(C2(C#N)CC2)CC1. The average molecular weight is 191 g/mol. The van der Waals surface area contributed by atoms with Gasteiger partial charge >= 0.3 is 0 Å². The van der Waals surface area contributed by atoms with Gasteiger partial charge < -0.3 is 0 Å². The second-order valence-electron chi connectivity index (χ2n) is 5.62. The fourth-order valence-corrected chi connectivity index (χ4v) is 3.08. The Balaban J connectivity index is 1.88. The van der Waals surface area contributed by atoms with Crippen LogP contribution in [-0.2, 0) is 0 Å². The van der Waals surface area contributed by atoms with Crippen molar-refractivity contribution in [1.29, 1.82) is 5.26 Å². The maximum Gasteiger partial charge on any atom is 0.0692 e. The normalized spacial score (nSPS) is 35.3. The molecule has 0 heterocycles. The lowest BCUT2D eigenvalue weighted by molar-refractivity contribution is 0.187. The first kappa shape index (κ1) is 10.0. The largest absolute Gasteiger partial charge is 0.198 e. The summed E-state index contributed by atoms with van der Waals surface area (Å²) in [7, 11) is 0. The molecule has 2 saturated carbocycles. The second-order valence-corrected chi connectivity index (χ2v) is 5.62. The number of nitrogens with zero attached hydrogens (tertiary/aromatic N) is 1. The highest BCUT2D eigenvalue weighted by Gasteiger charge is 2.50. The van der Waals surface area contributed by atoms with E-state index in [-0.39, 0.29) is 5.41 Å². The van der Waals surface area contributed by atoms with Gasteiger partial charge in [-0.3, -0.25) is 0 Å². The summed E-state index contributed by atoms with van der Waals surface area (Å²) in [5.74, 6) is 2.51. The Kier molecular flexibility index (Phi) is 2.56. The van der Waals surface area contributed by atoms with Crippen LogP contribution in [0.1, 0.15) is 52.4 Å². The molecule has 0 amide bonds. The molecule has 2 aliphatic carbocycles. The number of hydrogen-bond donors (Lipinski definition) is 0. The van der Waals surface area contributed by atoms with E-state index in [1.54, 1.807) is 0 Å². The molecule has 78 valence electrons. The van der Waals surface area contributed by atoms with E-state index >= 15 is 0 Å². The maximum atomic E-state index is 9.13. The van der Waals surface area contributed by atoms with E-state index < -0.39 is 0 Å². The molecule has 0 aromatic carbocycles. The highest BCUT2D eigenvalue weighted by atomic mass is 14.5. The summed E-state index contributed by atoms with van der Waals surface area (Å²) in [5, 5.41) is 9.13. The van der Waals surface area contributed by atoms with Crippen molar-refractivity contribution in [2.45, 2.75) is 52.4 Å². The van der Waals surface area contributed by atoms with Crippen molar-refractivity contribution in [3.63, 3.8) is 0 Å². The van der Waals surface area contributed by atoms with Crippen LogP contribution in [0.5, 0.6) is 0 Å². The Hall–Kier alpha value is -0.510. The van der Waals surface area contributed by atoms with E-state index in [2.05, 4.69) is 19.9 Å². The van der Waals surface area contributed by atoms with E-state index in [0.717, 1.165) is 17.8 Å². The Labute approximate surface area is 87.5 Å². The molecule has 14 heavy (non-hydrogen) atoms. The van der Waals surface area contributed by atoms with Gasteiger partial charge in [0.05, 0.1) is 11.5 Å². The summed E-state index contributed by atoms with van der Waals surface area (Å²) in [4.78, 5) is 0. The molecule has 2 rings (SSSR count). The molecular weight excluding hydrogens is 170 g/mol. The van der Waals surface area contributed by atoms with Gasteiger partial charge in [-0.15, -0.1) is 0 Å². The van der Waals surface area contributed by atoms with Crippen molar-refractivity contribution in [2.24, 2.45) is 23.2 Å². The van der Waals surface area contributed by atoms with Gasteiger partial charge in [0.15, 0.2) is 0 Å². The average Bonchev–Trinajstić information content (AvgIpc) is 2.99. The van der Waals surface area contributed by atoms with Gasteiger partial charge in [-0.25, -0.2) is 0 Å². The zero-order valence-electron chi connectivity index (χ0n) is 9.42. The van der Waals surface area contributed by atoms with Crippen LogP contribution in [0, 0.1) is 34.5 Å². The minimum absolute atomic E-state index is 0.141. The van der Waals surface area contributed by atoms with Crippen LogP contribution in [0.3, 0.4) is 0 Å². The lowest BCUT2D eigenvalue weighted by atomic mass is 9.71. The molecule has 0 aliphatic heterocycles. The molecule has 1 heteroatoms. The molecule has 0 atom stereocenters. The topological polar surface area (TPSA) is 23.8 Å². The summed E-state index contributed by atoms with van der Waals surface area (Å²) < 4.78 is 0. The van der Waals surface area contributed by atoms with Crippen molar-refractivity contribution < 1.29 is 0 Å². The summed E-state index contributed by atoms with van der Waals surface area (Å²) in [6.07, 6.45) is 7.73. The van der Waals surface area contributed by atoms with Crippen molar-refractivity contribution in [3.8, 4) is 6.07 Å². The molecule has 0 spiro atoms. The highest BCUT2D eigenvalue weighted by Crippen LogP contribution is 2.56. The fourth-order valence-electron chi connectivity index (χ4n) is 3.08. The van der Waals surface area contributed by atoms with Gasteiger partial charge in [0.25, 0.3) is 0 Å². The minimum Gasteiger partial charge on any atom is -0.198 e. The minimum atomic E-state index is 0.141. The fraction of sp³-hybridized carbons (Fsp3) is 0.923. The molecule has 1 nitrogen and oxygen atoms in total. The van der Waals surface area contributed by atoms with Gasteiger partial charge in [0.2, 0.25) is 0 Å². The monoisotopic (exact) mass is 191 g/mol. The Morgan fingerprint density at radius 3 is 2.07 bits per heavy atom. The third-order valence-electron chi connectivity index (χ3n) is 4.51. The van der Waals surface area contributed by atoms with Crippen molar-refractivity contribution in [3.05, 3.63) is 0 Å². The van der Waals surface area contributed by atoms with Crippen molar-refractivity contribution in [1.82, 2.24) is 0 Å². The van der Waals surface area contributed by atoms with Crippen molar-refractivity contribution in [2.75, 3.05) is 0 Å². The third kappa shape index (κ3) is 1.67. The molecule has 0 saturated heterocycles.